The summed E-state index contributed by atoms with van der Waals surface area (Å²) in [5, 5.41) is 3.53. The highest BCUT2D eigenvalue weighted by molar-refractivity contribution is 5.94. The number of likely N-dealkylation sites (N-methyl/N-ethyl adjacent to an activating group) is 1. The van der Waals surface area contributed by atoms with Gasteiger partial charge in [0.1, 0.15) is 5.82 Å². The molecule has 1 N–H and O–H groups in total. The number of urea groups is 1. The van der Waals surface area contributed by atoms with E-state index in [1.165, 1.54) is 18.4 Å². The Morgan fingerprint density at radius 2 is 1.85 bits per heavy atom. The Kier molecular flexibility index (Phi) is 4.86. The fourth-order valence-corrected chi connectivity index (χ4v) is 4.92. The molecule has 6 rings (SSSR count). The van der Waals surface area contributed by atoms with E-state index in [0.29, 0.717) is 24.2 Å². The molecule has 1 aliphatic heterocycles. The lowest BCUT2D eigenvalue weighted by Crippen LogP contribution is -2.38. The van der Waals surface area contributed by atoms with Crippen molar-refractivity contribution in [1.29, 1.82) is 0 Å². The third-order valence-electron chi connectivity index (χ3n) is 7.40. The molecule has 0 unspecified atom stereocenters. The number of aromatic nitrogens is 4. The first-order chi connectivity index (χ1) is 16.4. The summed E-state index contributed by atoms with van der Waals surface area (Å²) in [6.45, 7) is 4.98. The number of nitrogens with one attached hydrogen (secondary N) is 1. The van der Waals surface area contributed by atoms with E-state index in [1.54, 1.807) is 16.0 Å². The van der Waals surface area contributed by atoms with E-state index in [-0.39, 0.29) is 17.6 Å². The van der Waals surface area contributed by atoms with Crippen molar-refractivity contribution in [2.75, 3.05) is 23.8 Å². The third-order valence-corrected chi connectivity index (χ3v) is 7.40. The molecule has 0 bridgehead atoms. The number of benzene rings is 1. The van der Waals surface area contributed by atoms with E-state index in [2.05, 4.69) is 59.2 Å². The van der Waals surface area contributed by atoms with E-state index in [4.69, 9.17) is 9.97 Å². The van der Waals surface area contributed by atoms with Gasteiger partial charge in [-0.05, 0) is 61.3 Å². The molecule has 2 amide bonds. The second-order valence-corrected chi connectivity index (χ2v) is 10.3. The Balaban J connectivity index is 1.22. The van der Waals surface area contributed by atoms with E-state index in [1.807, 2.05) is 19.4 Å². The van der Waals surface area contributed by atoms with Crippen molar-refractivity contribution in [1.82, 2.24) is 24.4 Å². The van der Waals surface area contributed by atoms with Crippen molar-refractivity contribution in [2.45, 2.75) is 57.0 Å². The first-order valence-corrected chi connectivity index (χ1v) is 12.2. The summed E-state index contributed by atoms with van der Waals surface area (Å²) in [5.41, 5.74) is 3.28. The van der Waals surface area contributed by atoms with Crippen molar-refractivity contribution in [3.63, 3.8) is 0 Å². The Morgan fingerprint density at radius 1 is 1.09 bits per heavy atom. The van der Waals surface area contributed by atoms with Gasteiger partial charge >= 0.3 is 6.03 Å². The van der Waals surface area contributed by atoms with Crippen LogP contribution >= 0.6 is 0 Å². The number of rotatable bonds is 7. The van der Waals surface area contributed by atoms with Crippen LogP contribution in [0.2, 0.25) is 0 Å². The van der Waals surface area contributed by atoms with Crippen LogP contribution in [0.3, 0.4) is 0 Å². The van der Waals surface area contributed by atoms with Gasteiger partial charge in [-0.2, -0.15) is 4.98 Å². The molecule has 2 aromatic heterocycles. The molecule has 3 fully saturated rings. The number of anilines is 2. The first-order valence-electron chi connectivity index (χ1n) is 12.2. The summed E-state index contributed by atoms with van der Waals surface area (Å²) in [7, 11) is 1.84. The lowest BCUT2D eigenvalue weighted by atomic mass is 10.0. The highest BCUT2D eigenvalue weighted by atomic mass is 16.2. The lowest BCUT2D eigenvalue weighted by Gasteiger charge is -2.25. The highest BCUT2D eigenvalue weighted by Gasteiger charge is 2.47. The van der Waals surface area contributed by atoms with Gasteiger partial charge in [0.2, 0.25) is 5.95 Å². The monoisotopic (exact) mass is 457 g/mol. The highest BCUT2D eigenvalue weighted by Crippen LogP contribution is 2.47. The minimum atomic E-state index is -0.263. The molecule has 0 radical (unpaired) electrons. The molecule has 176 valence electrons. The lowest BCUT2D eigenvalue weighted by molar-refractivity contribution is 0.229. The van der Waals surface area contributed by atoms with Crippen LogP contribution in [-0.4, -0.2) is 50.1 Å². The number of hydrogen-bond donors (Lipinski definition) is 1. The fraction of sp³-hybridized carbons (Fsp3) is 0.462. The topological polar surface area (TPSA) is 79.2 Å². The molecule has 1 atom stereocenters. The Hall–Kier alpha value is -3.42. The molecule has 2 saturated carbocycles. The molecule has 1 saturated heterocycles. The Morgan fingerprint density at radius 3 is 2.53 bits per heavy atom. The van der Waals surface area contributed by atoms with Crippen molar-refractivity contribution < 1.29 is 4.79 Å². The Labute approximate surface area is 200 Å². The van der Waals surface area contributed by atoms with Gasteiger partial charge in [-0.25, -0.2) is 14.8 Å². The molecule has 0 spiro atoms. The summed E-state index contributed by atoms with van der Waals surface area (Å²) in [4.78, 5) is 30.3. The zero-order valence-corrected chi connectivity index (χ0v) is 20.0. The van der Waals surface area contributed by atoms with E-state index in [0.717, 1.165) is 30.1 Å². The van der Waals surface area contributed by atoms with Crippen LogP contribution in [0.1, 0.15) is 56.7 Å². The zero-order chi connectivity index (χ0) is 23.4. The van der Waals surface area contributed by atoms with Gasteiger partial charge in [-0.1, -0.05) is 26.0 Å². The maximum absolute atomic E-state index is 12.8. The van der Waals surface area contributed by atoms with Gasteiger partial charge in [-0.3, -0.25) is 4.90 Å². The molecular formula is C26H31N7O. The van der Waals surface area contributed by atoms with Crippen LogP contribution in [0.5, 0.6) is 0 Å². The zero-order valence-electron chi connectivity index (χ0n) is 20.0. The standard InChI is InChI=1S/C26H31N7O/c1-17(2)21-14-31(3)25(34)33(21)23-10-13-27-24(29-23)30-26(11-12-26)22-15-32(16-28-22)20-8-6-19(7-9-20)18-4-5-18/h6-10,13,15-18,21H,4-5,11-12,14H2,1-3H3,(H,27,29,30)/t21-/m1/s1. The van der Waals surface area contributed by atoms with Crippen LogP contribution in [-0.2, 0) is 5.54 Å². The van der Waals surface area contributed by atoms with Gasteiger partial charge in [0.15, 0.2) is 0 Å². The summed E-state index contributed by atoms with van der Waals surface area (Å²) in [6, 6.07) is 10.7. The van der Waals surface area contributed by atoms with Gasteiger partial charge in [0.25, 0.3) is 0 Å². The fourth-order valence-electron chi connectivity index (χ4n) is 4.92. The third kappa shape index (κ3) is 3.71. The maximum Gasteiger partial charge on any atom is 0.325 e. The smallest absolute Gasteiger partial charge is 0.325 e. The SMILES string of the molecule is CC(C)[C@H]1CN(C)C(=O)N1c1ccnc(NC2(c3cn(-c4ccc(C5CC5)cc4)cn3)CC2)n1. The van der Waals surface area contributed by atoms with E-state index < -0.39 is 0 Å². The molecule has 2 aliphatic carbocycles. The molecule has 34 heavy (non-hydrogen) atoms. The van der Waals surface area contributed by atoms with Crippen LogP contribution in [0.25, 0.3) is 5.69 Å². The van der Waals surface area contributed by atoms with Crippen LogP contribution in [0.15, 0.2) is 49.1 Å². The van der Waals surface area contributed by atoms with Gasteiger partial charge in [0, 0.05) is 31.7 Å². The second-order valence-electron chi connectivity index (χ2n) is 10.3. The minimum absolute atomic E-state index is 0.0177. The van der Waals surface area contributed by atoms with Gasteiger partial charge in [-0.15, -0.1) is 0 Å². The molecule has 3 heterocycles. The van der Waals surface area contributed by atoms with E-state index in [9.17, 15) is 4.79 Å². The van der Waals surface area contributed by atoms with Gasteiger partial charge in [0.05, 0.1) is 23.6 Å². The number of nitrogens with zero attached hydrogens (tertiary/aromatic N) is 6. The number of hydrogen-bond acceptors (Lipinski definition) is 5. The number of carbonyl (C=O) groups excluding carboxylic acids is 1. The van der Waals surface area contributed by atoms with Crippen LogP contribution in [0, 0.1) is 5.92 Å². The predicted molar refractivity (Wildman–Crippen MR) is 131 cm³/mol. The van der Waals surface area contributed by atoms with Crippen molar-refractivity contribution in [3.05, 3.63) is 60.3 Å². The van der Waals surface area contributed by atoms with Crippen LogP contribution in [0.4, 0.5) is 16.6 Å². The summed E-state index contributed by atoms with van der Waals surface area (Å²) in [6.07, 6.45) is 10.3. The van der Waals surface area contributed by atoms with Crippen molar-refractivity contribution >= 4 is 17.8 Å². The Bertz CT molecular complexity index is 1210. The molecule has 8 heteroatoms. The second kappa shape index (κ2) is 7.82. The summed E-state index contributed by atoms with van der Waals surface area (Å²) >= 11 is 0. The summed E-state index contributed by atoms with van der Waals surface area (Å²) in [5.74, 6) is 2.26. The molecule has 8 nitrogen and oxygen atoms in total. The molecule has 3 aliphatic rings. The largest absolute Gasteiger partial charge is 0.343 e. The number of imidazole rings is 1. The van der Waals surface area contributed by atoms with Crippen molar-refractivity contribution in [2.24, 2.45) is 5.92 Å². The first kappa shape index (κ1) is 21.1. The predicted octanol–water partition coefficient (Wildman–Crippen LogP) is 4.54. The number of amides is 2. The normalized spacial score (nSPS) is 21.4. The van der Waals surface area contributed by atoms with Crippen LogP contribution < -0.4 is 10.2 Å². The summed E-state index contributed by atoms with van der Waals surface area (Å²) < 4.78 is 2.08. The minimum Gasteiger partial charge on any atom is -0.343 e. The average Bonchev–Trinajstić information content (AvgIpc) is 3.75. The molecule has 1 aromatic carbocycles. The maximum atomic E-state index is 12.8. The van der Waals surface area contributed by atoms with E-state index >= 15 is 0 Å². The quantitative estimate of drug-likeness (QED) is 0.564. The average molecular weight is 458 g/mol. The molecule has 3 aromatic rings. The van der Waals surface area contributed by atoms with Crippen molar-refractivity contribution in [3.8, 4) is 5.69 Å². The molecular weight excluding hydrogens is 426 g/mol. The van der Waals surface area contributed by atoms with Gasteiger partial charge < -0.3 is 14.8 Å². The number of carbonyl (C=O) groups is 1.